The largest absolute Gasteiger partial charge is 0.391 e. The van der Waals surface area contributed by atoms with Crippen molar-refractivity contribution >= 4 is 5.69 Å². The third kappa shape index (κ3) is 3.87. The predicted molar refractivity (Wildman–Crippen MR) is 89.3 cm³/mol. The van der Waals surface area contributed by atoms with E-state index in [1.807, 2.05) is 54.6 Å². The van der Waals surface area contributed by atoms with Crippen molar-refractivity contribution in [2.45, 2.75) is 12.5 Å². The Balaban J connectivity index is 1.67. The van der Waals surface area contributed by atoms with Crippen LogP contribution in [0.5, 0.6) is 0 Å². The van der Waals surface area contributed by atoms with Gasteiger partial charge in [0.1, 0.15) is 5.82 Å². The summed E-state index contributed by atoms with van der Waals surface area (Å²) in [5.41, 5.74) is 2.78. The van der Waals surface area contributed by atoms with Crippen LogP contribution in [0.25, 0.3) is 11.1 Å². The maximum atomic E-state index is 11.0. The van der Waals surface area contributed by atoms with Crippen molar-refractivity contribution in [3.8, 4) is 11.1 Å². The highest BCUT2D eigenvalue weighted by atomic mass is 16.3. The van der Waals surface area contributed by atoms with Gasteiger partial charge >= 0.3 is 5.69 Å². The van der Waals surface area contributed by atoms with Crippen molar-refractivity contribution in [1.82, 2.24) is 15.2 Å². The molecule has 1 aromatic heterocycles. The number of para-hydroxylation sites is 1. The molecule has 0 fully saturated rings. The molecular formula is C17H18N4O2. The van der Waals surface area contributed by atoms with Gasteiger partial charge in [-0.2, -0.15) is 5.10 Å². The number of benzene rings is 2. The Labute approximate surface area is 133 Å². The molecule has 1 atom stereocenters. The van der Waals surface area contributed by atoms with E-state index < -0.39 is 6.10 Å². The van der Waals surface area contributed by atoms with Crippen molar-refractivity contribution in [1.29, 1.82) is 0 Å². The standard InChI is InChI=1S/C17H18N4O2/c22-13(10-16-19-17(23)21-20-16)11-18-15-9-5-4-8-14(15)12-6-2-1-3-7-12/h1-9,13,18,22H,10-11H2,(H2,19,20,21,23). The van der Waals surface area contributed by atoms with Crippen LogP contribution in [0.1, 0.15) is 5.82 Å². The number of aliphatic hydroxyl groups is 1. The van der Waals surface area contributed by atoms with Crippen LogP contribution in [0.2, 0.25) is 0 Å². The summed E-state index contributed by atoms with van der Waals surface area (Å²) in [5, 5.41) is 19.4. The Hall–Kier alpha value is -2.86. The van der Waals surface area contributed by atoms with E-state index in [9.17, 15) is 9.90 Å². The van der Waals surface area contributed by atoms with Gasteiger partial charge in [0.05, 0.1) is 6.10 Å². The number of nitrogens with zero attached hydrogens (tertiary/aromatic N) is 1. The minimum absolute atomic E-state index is 0.277. The maximum Gasteiger partial charge on any atom is 0.340 e. The second kappa shape index (κ2) is 6.93. The van der Waals surface area contributed by atoms with Gasteiger partial charge in [0.15, 0.2) is 0 Å². The van der Waals surface area contributed by atoms with Gasteiger partial charge in [0.25, 0.3) is 0 Å². The average Bonchev–Trinajstić information content (AvgIpc) is 2.99. The molecule has 0 amide bonds. The lowest BCUT2D eigenvalue weighted by Crippen LogP contribution is -2.23. The summed E-state index contributed by atoms with van der Waals surface area (Å²) in [5.74, 6) is 0.445. The topological polar surface area (TPSA) is 93.8 Å². The van der Waals surface area contributed by atoms with Crippen molar-refractivity contribution in [3.63, 3.8) is 0 Å². The lowest BCUT2D eigenvalue weighted by Gasteiger charge is -2.15. The average molecular weight is 310 g/mol. The van der Waals surface area contributed by atoms with Crippen LogP contribution in [-0.4, -0.2) is 32.9 Å². The molecule has 6 nitrogen and oxygen atoms in total. The van der Waals surface area contributed by atoms with Gasteiger partial charge in [-0.05, 0) is 11.6 Å². The lowest BCUT2D eigenvalue weighted by molar-refractivity contribution is 0.185. The Morgan fingerprint density at radius 2 is 1.83 bits per heavy atom. The normalized spacial score (nSPS) is 12.0. The number of hydrogen-bond acceptors (Lipinski definition) is 4. The van der Waals surface area contributed by atoms with Crippen LogP contribution >= 0.6 is 0 Å². The minimum Gasteiger partial charge on any atom is -0.391 e. The Morgan fingerprint density at radius 3 is 2.57 bits per heavy atom. The molecule has 2 aromatic carbocycles. The molecule has 0 radical (unpaired) electrons. The number of H-pyrrole nitrogens is 2. The maximum absolute atomic E-state index is 11.0. The fourth-order valence-corrected chi connectivity index (χ4v) is 2.43. The summed E-state index contributed by atoms with van der Waals surface area (Å²) in [4.78, 5) is 13.5. The third-order valence-corrected chi connectivity index (χ3v) is 3.52. The molecule has 0 spiro atoms. The summed E-state index contributed by atoms with van der Waals surface area (Å²) in [6.45, 7) is 0.360. The quantitative estimate of drug-likeness (QED) is 0.558. The summed E-state index contributed by atoms with van der Waals surface area (Å²) in [6.07, 6.45) is -0.378. The van der Waals surface area contributed by atoms with E-state index in [4.69, 9.17) is 0 Å². The van der Waals surface area contributed by atoms with E-state index in [-0.39, 0.29) is 12.1 Å². The van der Waals surface area contributed by atoms with E-state index in [1.54, 1.807) is 0 Å². The lowest BCUT2D eigenvalue weighted by atomic mass is 10.0. The van der Waals surface area contributed by atoms with Crippen LogP contribution < -0.4 is 11.0 Å². The second-order valence-electron chi connectivity index (χ2n) is 5.27. The molecule has 1 unspecified atom stereocenters. The summed E-state index contributed by atoms with van der Waals surface area (Å²) in [6, 6.07) is 18.0. The second-order valence-corrected chi connectivity index (χ2v) is 5.27. The number of anilines is 1. The molecule has 0 saturated carbocycles. The monoisotopic (exact) mass is 310 g/mol. The number of rotatable bonds is 6. The molecule has 3 aromatic rings. The van der Waals surface area contributed by atoms with Gasteiger partial charge < -0.3 is 10.4 Å². The molecule has 0 aliphatic heterocycles. The van der Waals surface area contributed by atoms with E-state index in [0.717, 1.165) is 16.8 Å². The first kappa shape index (κ1) is 15.1. The first-order valence-corrected chi connectivity index (χ1v) is 7.42. The summed E-state index contributed by atoms with van der Waals surface area (Å²) >= 11 is 0. The smallest absolute Gasteiger partial charge is 0.340 e. The summed E-state index contributed by atoms with van der Waals surface area (Å²) in [7, 11) is 0. The highest BCUT2D eigenvalue weighted by Gasteiger charge is 2.10. The fraction of sp³-hybridized carbons (Fsp3) is 0.176. The minimum atomic E-state index is -0.655. The highest BCUT2D eigenvalue weighted by Crippen LogP contribution is 2.27. The molecule has 6 heteroatoms. The Kier molecular flexibility index (Phi) is 4.54. The van der Waals surface area contributed by atoms with Crippen LogP contribution in [0, 0.1) is 0 Å². The van der Waals surface area contributed by atoms with Crippen molar-refractivity contribution in [3.05, 3.63) is 70.9 Å². The highest BCUT2D eigenvalue weighted by molar-refractivity contribution is 5.77. The Morgan fingerprint density at radius 1 is 1.09 bits per heavy atom. The van der Waals surface area contributed by atoms with Gasteiger partial charge in [0, 0.05) is 24.2 Å². The van der Waals surface area contributed by atoms with Gasteiger partial charge in [0.2, 0.25) is 0 Å². The zero-order valence-electron chi connectivity index (χ0n) is 12.5. The molecule has 0 aliphatic carbocycles. The number of aromatic amines is 2. The Bertz CT molecular complexity index is 810. The SMILES string of the molecule is O=c1[nH]nc(CC(O)CNc2ccccc2-c2ccccc2)[nH]1. The van der Waals surface area contributed by atoms with E-state index in [0.29, 0.717) is 12.4 Å². The fourth-order valence-electron chi connectivity index (χ4n) is 2.43. The van der Waals surface area contributed by atoms with E-state index in [2.05, 4.69) is 20.5 Å². The number of nitrogens with one attached hydrogen (secondary N) is 3. The molecule has 1 heterocycles. The zero-order chi connectivity index (χ0) is 16.1. The summed E-state index contributed by atoms with van der Waals surface area (Å²) < 4.78 is 0. The van der Waals surface area contributed by atoms with E-state index in [1.165, 1.54) is 0 Å². The molecular weight excluding hydrogens is 292 g/mol. The van der Waals surface area contributed by atoms with Crippen LogP contribution in [-0.2, 0) is 6.42 Å². The van der Waals surface area contributed by atoms with Gasteiger partial charge in [-0.25, -0.2) is 9.89 Å². The van der Waals surface area contributed by atoms with Crippen molar-refractivity contribution < 1.29 is 5.11 Å². The molecule has 0 bridgehead atoms. The van der Waals surface area contributed by atoms with Crippen LogP contribution in [0.15, 0.2) is 59.4 Å². The molecule has 3 rings (SSSR count). The zero-order valence-corrected chi connectivity index (χ0v) is 12.5. The van der Waals surface area contributed by atoms with Gasteiger partial charge in [-0.3, -0.25) is 4.98 Å². The van der Waals surface area contributed by atoms with Gasteiger partial charge in [-0.1, -0.05) is 48.5 Å². The third-order valence-electron chi connectivity index (χ3n) is 3.52. The van der Waals surface area contributed by atoms with Crippen LogP contribution in [0.4, 0.5) is 5.69 Å². The molecule has 23 heavy (non-hydrogen) atoms. The van der Waals surface area contributed by atoms with Crippen LogP contribution in [0.3, 0.4) is 0 Å². The molecule has 0 aliphatic rings. The molecule has 118 valence electrons. The predicted octanol–water partition coefficient (Wildman–Crippen LogP) is 1.78. The number of hydrogen-bond donors (Lipinski definition) is 4. The first-order valence-electron chi connectivity index (χ1n) is 7.42. The number of aromatic nitrogens is 3. The van der Waals surface area contributed by atoms with Crippen molar-refractivity contribution in [2.24, 2.45) is 0 Å². The molecule has 0 saturated heterocycles. The van der Waals surface area contributed by atoms with E-state index >= 15 is 0 Å². The molecule has 4 N–H and O–H groups in total. The van der Waals surface area contributed by atoms with Crippen molar-refractivity contribution in [2.75, 3.05) is 11.9 Å². The first-order chi connectivity index (χ1) is 11.2. The number of aliphatic hydroxyl groups excluding tert-OH is 1. The van der Waals surface area contributed by atoms with Gasteiger partial charge in [-0.15, -0.1) is 0 Å².